The molecule has 0 aliphatic heterocycles. The third-order valence-electron chi connectivity index (χ3n) is 9.27. The van der Waals surface area contributed by atoms with Gasteiger partial charge in [0.25, 0.3) is 0 Å². The second-order valence-corrected chi connectivity index (χ2v) is 15.0. The maximum Gasteiger partial charge on any atom is 0.336 e. The van der Waals surface area contributed by atoms with Gasteiger partial charge in [-0.3, -0.25) is 9.97 Å². The molecule has 2 N–H and O–H groups in total. The number of phenols is 1. The molecule has 9 heteroatoms. The van der Waals surface area contributed by atoms with Crippen LogP contribution in [0.25, 0.3) is 43.2 Å². The largest absolute Gasteiger partial charge is 0.508 e. The first-order valence-corrected chi connectivity index (χ1v) is 17.9. The van der Waals surface area contributed by atoms with Crippen LogP contribution in [0.2, 0.25) is 5.02 Å². The summed E-state index contributed by atoms with van der Waals surface area (Å²) >= 11 is 5.98. The van der Waals surface area contributed by atoms with E-state index in [1.807, 2.05) is 48.5 Å². The minimum absolute atomic E-state index is 0.265. The summed E-state index contributed by atoms with van der Waals surface area (Å²) in [7, 11) is -3.07. The number of carboxylic acids is 1. The van der Waals surface area contributed by atoms with Gasteiger partial charge in [0.2, 0.25) is 0 Å². The summed E-state index contributed by atoms with van der Waals surface area (Å²) in [6.07, 6.45) is 8.90. The summed E-state index contributed by atoms with van der Waals surface area (Å²) in [6.45, 7) is 0. The number of aromatic hydroxyl groups is 1. The molecule has 2 heterocycles. The third kappa shape index (κ3) is 6.05. The molecule has 1 atom stereocenters. The lowest BCUT2D eigenvalue weighted by atomic mass is 9.86. The smallest absolute Gasteiger partial charge is 0.336 e. The van der Waals surface area contributed by atoms with Crippen molar-refractivity contribution in [1.82, 2.24) is 9.97 Å². The molecule has 1 aliphatic carbocycles. The van der Waals surface area contributed by atoms with Crippen molar-refractivity contribution >= 4 is 70.6 Å². The van der Waals surface area contributed by atoms with E-state index in [1.54, 1.807) is 18.5 Å². The van der Waals surface area contributed by atoms with Gasteiger partial charge in [-0.1, -0.05) is 60.1 Å². The zero-order valence-corrected chi connectivity index (χ0v) is 27.6. The van der Waals surface area contributed by atoms with Crippen LogP contribution in [0.4, 0.5) is 0 Å². The van der Waals surface area contributed by atoms with E-state index in [9.17, 15) is 18.3 Å². The highest BCUT2D eigenvalue weighted by atomic mass is 35.5. The van der Waals surface area contributed by atoms with Gasteiger partial charge in [-0.2, -0.15) is 0 Å². The average molecular weight is 675 g/mol. The molecule has 0 spiro atoms. The minimum atomic E-state index is -3.07. The maximum atomic E-state index is 12.2. The predicted octanol–water partition coefficient (Wildman–Crippen LogP) is 8.33. The molecule has 0 fully saturated rings. The molecule has 8 rings (SSSR count). The molecule has 0 amide bonds. The number of rotatable bonds is 4. The van der Waals surface area contributed by atoms with Crippen LogP contribution in [-0.4, -0.2) is 46.1 Å². The van der Waals surface area contributed by atoms with Crippen LogP contribution in [0.3, 0.4) is 0 Å². The van der Waals surface area contributed by atoms with E-state index in [4.69, 9.17) is 16.7 Å². The molecule has 7 aromatic rings. The Balaban J connectivity index is 0.000000180. The molecule has 48 heavy (non-hydrogen) atoms. The van der Waals surface area contributed by atoms with Gasteiger partial charge < -0.3 is 10.2 Å². The first-order chi connectivity index (χ1) is 23.1. The van der Waals surface area contributed by atoms with Crippen LogP contribution in [0.15, 0.2) is 104 Å². The SMILES string of the molecule is CS(=O)(=O)C1CCc2ccc3c(ccc4cc(Cc5ccc(Cl)cc5)c(O)cc43)c2C1.O=C(O)c1ccnc2c1ccc1ccncc12. The number of benzene rings is 5. The standard InChI is InChI=1S/C26H23ClO3S.C13H8N2O2/c1-31(29,30)21-9-4-17-5-10-23-22(24(17)14-21)11-6-18-13-19(26(28)15-25(18)23)12-16-2-7-20(27)8-3-16;16-13(17)10-4-6-15-12-9(10)2-1-8-3-5-14-7-11(8)12/h2-3,5-8,10-11,13,15,21,28H,4,9,12,14H2,1H3;1-7H,(H,16,17). The van der Waals surface area contributed by atoms with Crippen molar-refractivity contribution in [2.24, 2.45) is 0 Å². The summed E-state index contributed by atoms with van der Waals surface area (Å²) in [6, 6.07) is 27.0. The van der Waals surface area contributed by atoms with Crippen LogP contribution in [0.1, 0.15) is 39.0 Å². The number of pyridine rings is 2. The number of nitrogens with zero attached hydrogens (tertiary/aromatic N) is 2. The van der Waals surface area contributed by atoms with Crippen LogP contribution >= 0.6 is 11.6 Å². The van der Waals surface area contributed by atoms with Crippen molar-refractivity contribution < 1.29 is 23.4 Å². The lowest BCUT2D eigenvalue weighted by Gasteiger charge is -2.25. The van der Waals surface area contributed by atoms with Gasteiger partial charge in [0.1, 0.15) is 5.75 Å². The number of aromatic nitrogens is 2. The van der Waals surface area contributed by atoms with E-state index in [0.29, 0.717) is 35.2 Å². The Bertz CT molecular complexity index is 2500. The van der Waals surface area contributed by atoms with Crippen molar-refractivity contribution in [3.05, 3.63) is 136 Å². The molecule has 5 aromatic carbocycles. The minimum Gasteiger partial charge on any atom is -0.508 e. The van der Waals surface area contributed by atoms with Crippen molar-refractivity contribution in [2.45, 2.75) is 30.9 Å². The number of aromatic carboxylic acids is 1. The Morgan fingerprint density at radius 2 is 1.60 bits per heavy atom. The number of halogens is 1. The second-order valence-electron chi connectivity index (χ2n) is 12.3. The Labute approximate surface area is 282 Å². The Kier molecular flexibility index (Phi) is 8.23. The van der Waals surface area contributed by atoms with Crippen LogP contribution in [-0.2, 0) is 29.1 Å². The van der Waals surface area contributed by atoms with Gasteiger partial charge in [0.15, 0.2) is 9.84 Å². The van der Waals surface area contributed by atoms with E-state index in [0.717, 1.165) is 55.4 Å². The summed E-state index contributed by atoms with van der Waals surface area (Å²) in [5.41, 5.74) is 5.25. The molecular weight excluding hydrogens is 644 g/mol. The van der Waals surface area contributed by atoms with Crippen molar-refractivity contribution in [1.29, 1.82) is 0 Å². The Morgan fingerprint density at radius 3 is 2.38 bits per heavy atom. The molecule has 0 saturated carbocycles. The number of hydrogen-bond acceptors (Lipinski definition) is 6. The normalized spacial score (nSPS) is 14.5. The quantitative estimate of drug-likeness (QED) is 0.180. The number of fused-ring (bicyclic) bond motifs is 8. The second kappa shape index (κ2) is 12.5. The van der Waals surface area contributed by atoms with E-state index in [-0.39, 0.29) is 16.6 Å². The van der Waals surface area contributed by atoms with Crippen molar-refractivity contribution in [3.8, 4) is 5.75 Å². The average Bonchev–Trinajstić information content (AvgIpc) is 3.08. The van der Waals surface area contributed by atoms with Crippen LogP contribution in [0, 0.1) is 0 Å². The molecule has 0 bridgehead atoms. The van der Waals surface area contributed by atoms with E-state index < -0.39 is 15.8 Å². The van der Waals surface area contributed by atoms with E-state index in [2.05, 4.69) is 34.2 Å². The highest BCUT2D eigenvalue weighted by Crippen LogP contribution is 2.37. The number of hydrogen-bond donors (Lipinski definition) is 2. The monoisotopic (exact) mass is 674 g/mol. The van der Waals surface area contributed by atoms with Crippen molar-refractivity contribution in [2.75, 3.05) is 6.26 Å². The molecular formula is C39H31ClN2O5S. The lowest BCUT2D eigenvalue weighted by molar-refractivity contribution is 0.0699. The molecule has 2 aromatic heterocycles. The zero-order chi connectivity index (χ0) is 33.6. The van der Waals surface area contributed by atoms with E-state index >= 15 is 0 Å². The molecule has 1 aliphatic rings. The van der Waals surface area contributed by atoms with Crippen molar-refractivity contribution in [3.63, 3.8) is 0 Å². The van der Waals surface area contributed by atoms with Crippen LogP contribution < -0.4 is 0 Å². The topological polar surface area (TPSA) is 117 Å². The molecule has 7 nitrogen and oxygen atoms in total. The zero-order valence-electron chi connectivity index (χ0n) is 26.0. The Hall–Kier alpha value is -5.05. The highest BCUT2D eigenvalue weighted by Gasteiger charge is 2.27. The van der Waals surface area contributed by atoms with Gasteiger partial charge in [-0.15, -0.1) is 0 Å². The fourth-order valence-electron chi connectivity index (χ4n) is 6.75. The van der Waals surface area contributed by atoms with Gasteiger partial charge in [0.05, 0.1) is 16.3 Å². The highest BCUT2D eigenvalue weighted by molar-refractivity contribution is 7.91. The number of carboxylic acid groups (broad SMARTS) is 1. The summed E-state index contributed by atoms with van der Waals surface area (Å²) in [5, 5.41) is 26.9. The molecule has 240 valence electrons. The van der Waals surface area contributed by atoms with Gasteiger partial charge >= 0.3 is 5.97 Å². The molecule has 0 saturated heterocycles. The summed E-state index contributed by atoms with van der Waals surface area (Å²) in [4.78, 5) is 19.4. The maximum absolute atomic E-state index is 12.2. The molecule has 0 radical (unpaired) electrons. The fourth-order valence-corrected chi connectivity index (χ4v) is 7.89. The fraction of sp³-hybridized carbons (Fsp3) is 0.154. The summed E-state index contributed by atoms with van der Waals surface area (Å²) < 4.78 is 24.3. The first kappa shape index (κ1) is 31.5. The summed E-state index contributed by atoms with van der Waals surface area (Å²) in [5.74, 6) is -0.678. The van der Waals surface area contributed by atoms with Gasteiger partial charge in [-0.05, 0) is 105 Å². The Morgan fingerprint density at radius 1 is 0.854 bits per heavy atom. The molecule has 1 unspecified atom stereocenters. The van der Waals surface area contributed by atoms with Crippen LogP contribution in [0.5, 0.6) is 5.75 Å². The van der Waals surface area contributed by atoms with Gasteiger partial charge in [0, 0.05) is 47.1 Å². The number of phenolic OH excluding ortho intramolecular Hbond substituents is 1. The third-order valence-corrected chi connectivity index (χ3v) is 11.1. The number of sulfone groups is 1. The predicted molar refractivity (Wildman–Crippen MR) is 192 cm³/mol. The van der Waals surface area contributed by atoms with Gasteiger partial charge in [-0.25, -0.2) is 13.2 Å². The number of carbonyl (C=O) groups is 1. The number of aryl methyl sites for hydroxylation is 1. The first-order valence-electron chi connectivity index (χ1n) is 15.5. The lowest BCUT2D eigenvalue weighted by Crippen LogP contribution is -2.27. The van der Waals surface area contributed by atoms with E-state index in [1.165, 1.54) is 24.1 Å².